The number of rotatable bonds is 8. The first-order valence-electron chi connectivity index (χ1n) is 8.92. The van der Waals surface area contributed by atoms with Crippen LogP contribution in [0.1, 0.15) is 28.8 Å². The van der Waals surface area contributed by atoms with Gasteiger partial charge in [0.25, 0.3) is 11.8 Å². The third-order valence-corrected chi connectivity index (χ3v) is 4.36. The predicted molar refractivity (Wildman–Crippen MR) is 109 cm³/mol. The standard InChI is InChI=1S/C20H17Cl2F3N2O4/c21-13-5-3-12(4-6-13)19(30)26-9-1-2-18(29)31-11-17(28)27-16-8-7-14(22)10-15(16)20(23,24)25/h3-8,10H,1-2,9,11H2,(H,26,30)(H,27,28). The number of hydrogen-bond donors (Lipinski definition) is 2. The molecule has 0 aliphatic rings. The Bertz CT molecular complexity index is 950. The molecule has 0 bridgehead atoms. The molecule has 2 aromatic rings. The van der Waals surface area contributed by atoms with E-state index < -0.39 is 35.9 Å². The van der Waals surface area contributed by atoms with Gasteiger partial charge in [-0.2, -0.15) is 13.2 Å². The van der Waals surface area contributed by atoms with Crippen LogP contribution >= 0.6 is 23.2 Å². The quantitative estimate of drug-likeness (QED) is 0.427. The Hall–Kier alpha value is -2.78. The lowest BCUT2D eigenvalue weighted by molar-refractivity contribution is -0.147. The largest absolute Gasteiger partial charge is 0.456 e. The molecule has 166 valence electrons. The number of carbonyl (C=O) groups is 3. The van der Waals surface area contributed by atoms with E-state index in [9.17, 15) is 27.6 Å². The van der Waals surface area contributed by atoms with Gasteiger partial charge in [0.2, 0.25) is 0 Å². The second-order valence-electron chi connectivity index (χ2n) is 6.26. The molecule has 2 aromatic carbocycles. The maximum Gasteiger partial charge on any atom is 0.418 e. The molecule has 0 aromatic heterocycles. The van der Waals surface area contributed by atoms with Crippen LogP contribution in [0.3, 0.4) is 0 Å². The minimum Gasteiger partial charge on any atom is -0.456 e. The van der Waals surface area contributed by atoms with E-state index in [2.05, 4.69) is 5.32 Å². The van der Waals surface area contributed by atoms with Crippen LogP contribution in [-0.4, -0.2) is 30.9 Å². The van der Waals surface area contributed by atoms with E-state index in [1.54, 1.807) is 24.3 Å². The topological polar surface area (TPSA) is 84.5 Å². The van der Waals surface area contributed by atoms with E-state index in [0.717, 1.165) is 6.07 Å². The van der Waals surface area contributed by atoms with Gasteiger partial charge in [0.15, 0.2) is 6.61 Å². The number of ether oxygens (including phenoxy) is 1. The van der Waals surface area contributed by atoms with Gasteiger partial charge < -0.3 is 15.4 Å². The van der Waals surface area contributed by atoms with Gasteiger partial charge in [-0.3, -0.25) is 14.4 Å². The minimum atomic E-state index is -4.72. The van der Waals surface area contributed by atoms with E-state index >= 15 is 0 Å². The summed E-state index contributed by atoms with van der Waals surface area (Å²) in [5.41, 5.74) is -1.21. The van der Waals surface area contributed by atoms with E-state index in [1.165, 1.54) is 6.07 Å². The van der Waals surface area contributed by atoms with Crippen LogP contribution in [0, 0.1) is 0 Å². The Kier molecular flexibility index (Phi) is 8.70. The second kappa shape index (κ2) is 11.0. The molecule has 0 fully saturated rings. The number of anilines is 1. The van der Waals surface area contributed by atoms with Crippen molar-refractivity contribution in [3.63, 3.8) is 0 Å². The molecule has 0 aliphatic carbocycles. The molecule has 0 saturated carbocycles. The summed E-state index contributed by atoms with van der Waals surface area (Å²) in [6.45, 7) is -0.571. The third-order valence-electron chi connectivity index (χ3n) is 3.87. The molecule has 2 amide bonds. The van der Waals surface area contributed by atoms with Crippen molar-refractivity contribution in [1.29, 1.82) is 0 Å². The lowest BCUT2D eigenvalue weighted by Gasteiger charge is -2.14. The molecule has 2 rings (SSSR count). The molecule has 0 radical (unpaired) electrons. The highest BCUT2D eigenvalue weighted by Gasteiger charge is 2.34. The van der Waals surface area contributed by atoms with Crippen LogP contribution in [0.25, 0.3) is 0 Å². The van der Waals surface area contributed by atoms with E-state index in [0.29, 0.717) is 16.7 Å². The summed E-state index contributed by atoms with van der Waals surface area (Å²) in [6, 6.07) is 9.12. The van der Waals surface area contributed by atoms with Crippen molar-refractivity contribution in [2.45, 2.75) is 19.0 Å². The molecule has 2 N–H and O–H groups in total. The number of nitrogens with one attached hydrogen (secondary N) is 2. The SMILES string of the molecule is O=C(COC(=O)CCCNC(=O)c1ccc(Cl)cc1)Nc1ccc(Cl)cc1C(F)(F)F. The molecular formula is C20H17Cl2F3N2O4. The van der Waals surface area contributed by atoms with Gasteiger partial charge in [0.05, 0.1) is 11.3 Å². The Morgan fingerprint density at radius 3 is 2.26 bits per heavy atom. The highest BCUT2D eigenvalue weighted by atomic mass is 35.5. The van der Waals surface area contributed by atoms with Gasteiger partial charge in [-0.05, 0) is 48.9 Å². The Balaban J connectivity index is 1.72. The monoisotopic (exact) mass is 476 g/mol. The van der Waals surface area contributed by atoms with E-state index in [1.807, 2.05) is 5.32 Å². The summed E-state index contributed by atoms with van der Waals surface area (Å²) in [5, 5.41) is 5.01. The maximum absolute atomic E-state index is 13.0. The Morgan fingerprint density at radius 1 is 0.968 bits per heavy atom. The van der Waals surface area contributed by atoms with Crippen molar-refractivity contribution in [3.05, 3.63) is 63.6 Å². The van der Waals surface area contributed by atoms with Crippen LogP contribution < -0.4 is 10.6 Å². The lowest BCUT2D eigenvalue weighted by atomic mass is 10.1. The van der Waals surface area contributed by atoms with Gasteiger partial charge in [-0.15, -0.1) is 0 Å². The van der Waals surface area contributed by atoms with Gasteiger partial charge in [-0.1, -0.05) is 23.2 Å². The smallest absolute Gasteiger partial charge is 0.418 e. The van der Waals surface area contributed by atoms with Crippen molar-refractivity contribution < 1.29 is 32.3 Å². The molecule has 0 spiro atoms. The van der Waals surface area contributed by atoms with Crippen LogP contribution in [-0.2, 0) is 20.5 Å². The molecule has 0 unspecified atom stereocenters. The Labute approximate surface area is 185 Å². The molecule has 0 saturated heterocycles. The van der Waals surface area contributed by atoms with Crippen molar-refractivity contribution >= 4 is 46.7 Å². The minimum absolute atomic E-state index is 0.0943. The molecule has 31 heavy (non-hydrogen) atoms. The molecule has 0 atom stereocenters. The molecule has 11 heteroatoms. The van der Waals surface area contributed by atoms with Crippen LogP contribution in [0.5, 0.6) is 0 Å². The summed E-state index contributed by atoms with van der Waals surface area (Å²) in [6.07, 6.45) is -4.57. The number of halogens is 5. The van der Waals surface area contributed by atoms with Crippen LogP contribution in [0.15, 0.2) is 42.5 Å². The number of esters is 1. The summed E-state index contributed by atoms with van der Waals surface area (Å²) in [7, 11) is 0. The van der Waals surface area contributed by atoms with Gasteiger partial charge >= 0.3 is 12.1 Å². The molecule has 0 heterocycles. The number of carbonyl (C=O) groups excluding carboxylic acids is 3. The van der Waals surface area contributed by atoms with Crippen molar-refractivity contribution in [2.75, 3.05) is 18.5 Å². The lowest BCUT2D eigenvalue weighted by Crippen LogP contribution is -2.25. The molecule has 6 nitrogen and oxygen atoms in total. The van der Waals surface area contributed by atoms with Crippen molar-refractivity contribution in [1.82, 2.24) is 5.32 Å². The number of hydrogen-bond acceptors (Lipinski definition) is 4. The average Bonchev–Trinajstić information content (AvgIpc) is 2.70. The zero-order valence-corrected chi connectivity index (χ0v) is 17.4. The summed E-state index contributed by atoms with van der Waals surface area (Å²) in [4.78, 5) is 35.4. The Morgan fingerprint density at radius 2 is 1.61 bits per heavy atom. The normalized spacial score (nSPS) is 11.0. The van der Waals surface area contributed by atoms with Crippen molar-refractivity contribution in [3.8, 4) is 0 Å². The van der Waals surface area contributed by atoms with E-state index in [-0.39, 0.29) is 30.3 Å². The first kappa shape index (κ1) is 24.5. The number of alkyl halides is 3. The van der Waals surface area contributed by atoms with Gasteiger partial charge in [0.1, 0.15) is 0 Å². The highest BCUT2D eigenvalue weighted by Crippen LogP contribution is 2.36. The average molecular weight is 477 g/mol. The summed E-state index contributed by atoms with van der Waals surface area (Å²) in [5.74, 6) is -2.01. The number of benzene rings is 2. The third kappa shape index (κ3) is 8.10. The van der Waals surface area contributed by atoms with Gasteiger partial charge in [-0.25, -0.2) is 0 Å². The second-order valence-corrected chi connectivity index (χ2v) is 7.14. The molecular weight excluding hydrogens is 460 g/mol. The molecule has 0 aliphatic heterocycles. The zero-order chi connectivity index (χ0) is 23.0. The zero-order valence-electron chi connectivity index (χ0n) is 15.9. The first-order chi connectivity index (χ1) is 14.6. The fourth-order valence-electron chi connectivity index (χ4n) is 2.40. The first-order valence-corrected chi connectivity index (χ1v) is 9.68. The summed E-state index contributed by atoms with van der Waals surface area (Å²) < 4.78 is 43.8. The maximum atomic E-state index is 13.0. The fraction of sp³-hybridized carbons (Fsp3) is 0.250. The van der Waals surface area contributed by atoms with Crippen LogP contribution in [0.2, 0.25) is 10.0 Å². The summed E-state index contributed by atoms with van der Waals surface area (Å²) >= 11 is 11.3. The highest BCUT2D eigenvalue weighted by molar-refractivity contribution is 6.31. The van der Waals surface area contributed by atoms with E-state index in [4.69, 9.17) is 27.9 Å². The fourth-order valence-corrected chi connectivity index (χ4v) is 2.70. The van der Waals surface area contributed by atoms with Gasteiger partial charge in [0, 0.05) is 28.6 Å². The van der Waals surface area contributed by atoms with Crippen molar-refractivity contribution in [2.24, 2.45) is 0 Å². The number of amides is 2. The predicted octanol–water partition coefficient (Wildman–Crippen LogP) is 4.70. The van der Waals surface area contributed by atoms with Crippen LogP contribution in [0.4, 0.5) is 18.9 Å².